The fourth-order valence-electron chi connectivity index (χ4n) is 1.90. The molecule has 0 bridgehead atoms. The highest BCUT2D eigenvalue weighted by Crippen LogP contribution is 2.18. The maximum absolute atomic E-state index is 12.6. The summed E-state index contributed by atoms with van der Waals surface area (Å²) in [7, 11) is 0. The van der Waals surface area contributed by atoms with Crippen molar-refractivity contribution in [3.8, 4) is 0 Å². The lowest BCUT2D eigenvalue weighted by Crippen LogP contribution is -2.41. The molecule has 21 heavy (non-hydrogen) atoms. The molecule has 0 aliphatic carbocycles. The SMILES string of the molecule is CC(C)(C)N(/N=C/c1ccccc1)C(=O)c1ccccc1. The van der Waals surface area contributed by atoms with Crippen LogP contribution in [-0.2, 0) is 0 Å². The zero-order valence-electron chi connectivity index (χ0n) is 12.7. The highest BCUT2D eigenvalue weighted by molar-refractivity contribution is 5.95. The molecule has 0 spiro atoms. The molecule has 0 saturated carbocycles. The van der Waals surface area contributed by atoms with E-state index in [-0.39, 0.29) is 5.91 Å². The summed E-state index contributed by atoms with van der Waals surface area (Å²) in [4.78, 5) is 12.6. The van der Waals surface area contributed by atoms with Crippen LogP contribution in [0.25, 0.3) is 0 Å². The Kier molecular flexibility index (Phi) is 4.53. The Hall–Kier alpha value is -2.42. The fourth-order valence-corrected chi connectivity index (χ4v) is 1.90. The van der Waals surface area contributed by atoms with E-state index in [1.54, 1.807) is 18.3 Å². The van der Waals surface area contributed by atoms with Gasteiger partial charge in [0.2, 0.25) is 0 Å². The van der Waals surface area contributed by atoms with Crippen LogP contribution in [0.4, 0.5) is 0 Å². The molecule has 2 aromatic rings. The van der Waals surface area contributed by atoms with Crippen molar-refractivity contribution in [3.63, 3.8) is 0 Å². The molecule has 3 nitrogen and oxygen atoms in total. The summed E-state index contributed by atoms with van der Waals surface area (Å²) in [5, 5.41) is 5.92. The number of nitrogens with zero attached hydrogens (tertiary/aromatic N) is 2. The summed E-state index contributed by atoms with van der Waals surface area (Å²) in [5.74, 6) is -0.102. The van der Waals surface area contributed by atoms with Gasteiger partial charge in [0.05, 0.1) is 11.8 Å². The van der Waals surface area contributed by atoms with Gasteiger partial charge in [0.25, 0.3) is 5.91 Å². The molecular weight excluding hydrogens is 260 g/mol. The van der Waals surface area contributed by atoms with E-state index >= 15 is 0 Å². The average molecular weight is 280 g/mol. The second-order valence-electron chi connectivity index (χ2n) is 5.81. The zero-order valence-corrected chi connectivity index (χ0v) is 12.7. The number of benzene rings is 2. The van der Waals surface area contributed by atoms with Gasteiger partial charge in [-0.3, -0.25) is 4.79 Å². The first-order valence-corrected chi connectivity index (χ1v) is 6.97. The minimum absolute atomic E-state index is 0.102. The maximum atomic E-state index is 12.6. The topological polar surface area (TPSA) is 32.7 Å². The van der Waals surface area contributed by atoms with Crippen molar-refractivity contribution in [2.75, 3.05) is 0 Å². The van der Waals surface area contributed by atoms with Crippen LogP contribution >= 0.6 is 0 Å². The molecule has 108 valence electrons. The van der Waals surface area contributed by atoms with Crippen molar-refractivity contribution in [1.82, 2.24) is 5.01 Å². The number of hydrogen-bond donors (Lipinski definition) is 0. The minimum Gasteiger partial charge on any atom is -0.267 e. The van der Waals surface area contributed by atoms with Crippen LogP contribution in [0.3, 0.4) is 0 Å². The largest absolute Gasteiger partial charge is 0.274 e. The number of amides is 1. The quantitative estimate of drug-likeness (QED) is 0.618. The standard InChI is InChI=1S/C18H20N2O/c1-18(2,3)20(17(21)16-12-8-5-9-13-16)19-14-15-10-6-4-7-11-15/h4-14H,1-3H3/b19-14+. The molecule has 0 radical (unpaired) electrons. The van der Waals surface area contributed by atoms with E-state index in [0.717, 1.165) is 5.56 Å². The Morgan fingerprint density at radius 1 is 0.952 bits per heavy atom. The second kappa shape index (κ2) is 6.35. The predicted octanol–water partition coefficient (Wildman–Crippen LogP) is 3.96. The number of hydrazone groups is 1. The first-order valence-electron chi connectivity index (χ1n) is 6.97. The van der Waals surface area contributed by atoms with Crippen molar-refractivity contribution in [2.24, 2.45) is 5.10 Å². The smallest absolute Gasteiger partial charge is 0.267 e. The van der Waals surface area contributed by atoms with Gasteiger partial charge in [0, 0.05) is 5.56 Å². The lowest BCUT2D eigenvalue weighted by atomic mass is 10.1. The van der Waals surface area contributed by atoms with E-state index in [0.29, 0.717) is 5.56 Å². The lowest BCUT2D eigenvalue weighted by Gasteiger charge is -2.31. The van der Waals surface area contributed by atoms with Crippen LogP contribution in [0.2, 0.25) is 0 Å². The average Bonchev–Trinajstić information content (AvgIpc) is 2.48. The van der Waals surface area contributed by atoms with E-state index < -0.39 is 5.54 Å². The van der Waals surface area contributed by atoms with Gasteiger partial charge < -0.3 is 0 Å². The molecule has 2 aromatic carbocycles. The molecule has 2 rings (SSSR count). The molecule has 0 atom stereocenters. The van der Waals surface area contributed by atoms with Crippen LogP contribution in [0.1, 0.15) is 36.7 Å². The second-order valence-corrected chi connectivity index (χ2v) is 5.81. The fraction of sp³-hybridized carbons (Fsp3) is 0.222. The first-order chi connectivity index (χ1) is 9.98. The molecule has 0 N–H and O–H groups in total. The lowest BCUT2D eigenvalue weighted by molar-refractivity contribution is 0.0593. The summed E-state index contributed by atoms with van der Waals surface area (Å²) in [6, 6.07) is 19.0. The van der Waals surface area contributed by atoms with E-state index in [1.807, 2.05) is 69.3 Å². The number of hydrogen-bond acceptors (Lipinski definition) is 2. The summed E-state index contributed by atoms with van der Waals surface area (Å²) in [6.07, 6.45) is 1.71. The number of carbonyl (C=O) groups excluding carboxylic acids is 1. The molecule has 3 heteroatoms. The van der Waals surface area contributed by atoms with Gasteiger partial charge in [-0.15, -0.1) is 0 Å². The predicted molar refractivity (Wildman–Crippen MR) is 86.4 cm³/mol. The van der Waals surface area contributed by atoms with Gasteiger partial charge in [-0.2, -0.15) is 5.10 Å². The van der Waals surface area contributed by atoms with Crippen molar-refractivity contribution >= 4 is 12.1 Å². The summed E-state index contributed by atoms with van der Waals surface area (Å²) in [5.41, 5.74) is 1.21. The molecule has 0 heterocycles. The van der Waals surface area contributed by atoms with Gasteiger partial charge in [-0.1, -0.05) is 48.5 Å². The summed E-state index contributed by atoms with van der Waals surface area (Å²) in [6.45, 7) is 5.91. The highest BCUT2D eigenvalue weighted by Gasteiger charge is 2.26. The van der Waals surface area contributed by atoms with Crippen LogP contribution in [0.15, 0.2) is 65.8 Å². The van der Waals surface area contributed by atoms with Gasteiger partial charge in [-0.05, 0) is 38.5 Å². The number of rotatable bonds is 3. The van der Waals surface area contributed by atoms with Crippen molar-refractivity contribution in [2.45, 2.75) is 26.3 Å². The van der Waals surface area contributed by atoms with Crippen LogP contribution in [0.5, 0.6) is 0 Å². The monoisotopic (exact) mass is 280 g/mol. The molecule has 0 saturated heterocycles. The minimum atomic E-state index is -0.391. The Bertz CT molecular complexity index is 613. The van der Waals surface area contributed by atoms with Gasteiger partial charge in [-0.25, -0.2) is 5.01 Å². The van der Waals surface area contributed by atoms with E-state index in [4.69, 9.17) is 0 Å². The van der Waals surface area contributed by atoms with Gasteiger partial charge in [0.1, 0.15) is 0 Å². The third-order valence-corrected chi connectivity index (χ3v) is 2.97. The Morgan fingerprint density at radius 3 is 2.00 bits per heavy atom. The van der Waals surface area contributed by atoms with Crippen LogP contribution < -0.4 is 0 Å². The van der Waals surface area contributed by atoms with Crippen molar-refractivity contribution in [1.29, 1.82) is 0 Å². The third kappa shape index (κ3) is 4.02. The Labute approximate surface area is 125 Å². The van der Waals surface area contributed by atoms with E-state index in [2.05, 4.69) is 5.10 Å². The summed E-state index contributed by atoms with van der Waals surface area (Å²) >= 11 is 0. The zero-order chi connectivity index (χ0) is 15.3. The summed E-state index contributed by atoms with van der Waals surface area (Å²) < 4.78 is 0. The Morgan fingerprint density at radius 2 is 1.48 bits per heavy atom. The molecule has 0 unspecified atom stereocenters. The van der Waals surface area contributed by atoms with E-state index in [1.165, 1.54) is 5.01 Å². The first kappa shape index (κ1) is 15.0. The molecule has 0 aliphatic heterocycles. The van der Waals surface area contributed by atoms with E-state index in [9.17, 15) is 4.79 Å². The van der Waals surface area contributed by atoms with Crippen molar-refractivity contribution < 1.29 is 4.79 Å². The third-order valence-electron chi connectivity index (χ3n) is 2.97. The van der Waals surface area contributed by atoms with Crippen LogP contribution in [0, 0.1) is 0 Å². The van der Waals surface area contributed by atoms with Gasteiger partial charge >= 0.3 is 0 Å². The number of carbonyl (C=O) groups is 1. The molecular formula is C18H20N2O. The molecule has 0 aromatic heterocycles. The molecule has 0 aliphatic rings. The highest BCUT2D eigenvalue weighted by atomic mass is 16.2. The maximum Gasteiger partial charge on any atom is 0.274 e. The Balaban J connectivity index is 2.28. The molecule has 0 fully saturated rings. The van der Waals surface area contributed by atoms with Crippen LogP contribution in [-0.4, -0.2) is 22.7 Å². The molecule has 1 amide bonds. The van der Waals surface area contributed by atoms with Gasteiger partial charge in [0.15, 0.2) is 0 Å². The van der Waals surface area contributed by atoms with Crippen molar-refractivity contribution in [3.05, 3.63) is 71.8 Å². The normalized spacial score (nSPS) is 11.6.